The fourth-order valence-corrected chi connectivity index (χ4v) is 1.91. The summed E-state index contributed by atoms with van der Waals surface area (Å²) < 4.78 is 5.63. The van der Waals surface area contributed by atoms with Crippen molar-refractivity contribution >= 4 is 17.0 Å². The van der Waals surface area contributed by atoms with E-state index in [1.807, 2.05) is 21.0 Å². The van der Waals surface area contributed by atoms with E-state index in [1.54, 1.807) is 12.1 Å². The molecule has 0 fully saturated rings. The van der Waals surface area contributed by atoms with Crippen LogP contribution in [0.3, 0.4) is 0 Å². The van der Waals surface area contributed by atoms with Gasteiger partial charge in [0, 0.05) is 12.1 Å². The molecule has 5 nitrogen and oxygen atoms in total. The molecule has 2 N–H and O–H groups in total. The Morgan fingerprint density at radius 1 is 1.44 bits per heavy atom. The molecule has 0 spiro atoms. The summed E-state index contributed by atoms with van der Waals surface area (Å²) in [6.07, 6.45) is 0.834. The van der Waals surface area contributed by atoms with Crippen LogP contribution in [0.4, 0.5) is 0 Å². The van der Waals surface area contributed by atoms with Crippen LogP contribution in [-0.4, -0.2) is 36.4 Å². The van der Waals surface area contributed by atoms with Crippen LogP contribution in [0.2, 0.25) is 0 Å². The number of nitrogens with two attached hydrogens (primary N) is 1. The zero-order valence-electron chi connectivity index (χ0n) is 10.9. The van der Waals surface area contributed by atoms with E-state index in [1.165, 1.54) is 0 Å². The van der Waals surface area contributed by atoms with Crippen LogP contribution in [0.1, 0.15) is 21.8 Å². The highest BCUT2D eigenvalue weighted by Gasteiger charge is 2.14. The van der Waals surface area contributed by atoms with Crippen LogP contribution in [0.25, 0.3) is 11.1 Å². The van der Waals surface area contributed by atoms with Gasteiger partial charge in [-0.2, -0.15) is 0 Å². The van der Waals surface area contributed by atoms with Crippen molar-refractivity contribution in [2.24, 2.45) is 5.73 Å². The number of primary amides is 1. The van der Waals surface area contributed by atoms with Gasteiger partial charge in [-0.05, 0) is 39.6 Å². The molecule has 2 rings (SSSR count). The molecule has 0 unspecified atom stereocenters. The third-order valence-electron chi connectivity index (χ3n) is 2.89. The number of hydrogen-bond donors (Lipinski definition) is 1. The topological polar surface area (TPSA) is 72.4 Å². The highest BCUT2D eigenvalue weighted by molar-refractivity contribution is 5.93. The summed E-state index contributed by atoms with van der Waals surface area (Å²) in [5.74, 6) is 0.329. The largest absolute Gasteiger partial charge is 0.459 e. The van der Waals surface area contributed by atoms with Crippen molar-refractivity contribution in [1.82, 2.24) is 9.88 Å². The summed E-state index contributed by atoms with van der Waals surface area (Å²) in [6.45, 7) is 2.81. The monoisotopic (exact) mass is 247 g/mol. The third-order valence-corrected chi connectivity index (χ3v) is 2.89. The zero-order valence-corrected chi connectivity index (χ0v) is 10.9. The van der Waals surface area contributed by atoms with Gasteiger partial charge in [-0.25, -0.2) is 4.98 Å². The quantitative estimate of drug-likeness (QED) is 0.884. The standard InChI is InChI=1S/C13H17N3O2/c1-8-9(6-7-16(2)3)12-11(18-8)5-4-10(15-12)13(14)17/h4-5H,6-7H2,1-3H3,(H2,14,17). The maximum absolute atomic E-state index is 11.1. The molecule has 1 amide bonds. The van der Waals surface area contributed by atoms with Gasteiger partial charge in [-0.1, -0.05) is 0 Å². The summed E-state index contributed by atoms with van der Waals surface area (Å²) in [6, 6.07) is 3.33. The third kappa shape index (κ3) is 2.36. The van der Waals surface area contributed by atoms with Gasteiger partial charge in [-0.3, -0.25) is 4.79 Å². The van der Waals surface area contributed by atoms with E-state index in [9.17, 15) is 4.79 Å². The Kier molecular flexibility index (Phi) is 3.34. The number of nitrogens with zero attached hydrogens (tertiary/aromatic N) is 2. The number of likely N-dealkylation sites (N-methyl/N-ethyl adjacent to an activating group) is 1. The van der Waals surface area contributed by atoms with Gasteiger partial charge in [0.1, 0.15) is 17.0 Å². The smallest absolute Gasteiger partial charge is 0.267 e. The maximum Gasteiger partial charge on any atom is 0.267 e. The summed E-state index contributed by atoms with van der Waals surface area (Å²) >= 11 is 0. The Morgan fingerprint density at radius 3 is 2.78 bits per heavy atom. The van der Waals surface area contributed by atoms with E-state index in [-0.39, 0.29) is 5.69 Å². The molecule has 0 saturated heterocycles. The first-order valence-corrected chi connectivity index (χ1v) is 5.82. The molecule has 0 aliphatic heterocycles. The molecule has 2 aromatic heterocycles. The Bertz CT molecular complexity index is 587. The SMILES string of the molecule is Cc1oc2ccc(C(N)=O)nc2c1CCN(C)C. The number of pyridine rings is 1. The number of carbonyl (C=O) groups is 1. The highest BCUT2D eigenvalue weighted by Crippen LogP contribution is 2.24. The first-order valence-electron chi connectivity index (χ1n) is 5.82. The molecule has 0 aliphatic rings. The Hall–Kier alpha value is -1.88. The minimum absolute atomic E-state index is 0.273. The molecule has 2 heterocycles. The van der Waals surface area contributed by atoms with Gasteiger partial charge in [0.2, 0.25) is 0 Å². The Labute approximate surface area is 106 Å². The number of rotatable bonds is 4. The van der Waals surface area contributed by atoms with Gasteiger partial charge in [0.05, 0.1) is 0 Å². The number of aromatic nitrogens is 1. The number of aryl methyl sites for hydroxylation is 1. The fraction of sp³-hybridized carbons (Fsp3) is 0.385. The predicted octanol–water partition coefficient (Wildman–Crippen LogP) is 1.34. The Morgan fingerprint density at radius 2 is 2.17 bits per heavy atom. The summed E-state index contributed by atoms with van der Waals surface area (Å²) in [4.78, 5) is 17.5. The fourth-order valence-electron chi connectivity index (χ4n) is 1.91. The van der Waals surface area contributed by atoms with Gasteiger partial charge in [-0.15, -0.1) is 0 Å². The first kappa shape index (κ1) is 12.6. The van der Waals surface area contributed by atoms with Gasteiger partial charge >= 0.3 is 0 Å². The molecule has 0 atom stereocenters. The normalized spacial score (nSPS) is 11.3. The summed E-state index contributed by atoms with van der Waals surface area (Å²) in [7, 11) is 4.03. The van der Waals surface area contributed by atoms with Crippen molar-refractivity contribution in [2.45, 2.75) is 13.3 Å². The van der Waals surface area contributed by atoms with Crippen molar-refractivity contribution in [3.05, 3.63) is 29.2 Å². The maximum atomic E-state index is 11.1. The van der Waals surface area contributed by atoms with Crippen LogP contribution < -0.4 is 5.73 Å². The van der Waals surface area contributed by atoms with Crippen molar-refractivity contribution in [3.63, 3.8) is 0 Å². The van der Waals surface area contributed by atoms with Crippen LogP contribution in [0.15, 0.2) is 16.5 Å². The molecule has 0 bridgehead atoms. The highest BCUT2D eigenvalue weighted by atomic mass is 16.3. The minimum Gasteiger partial charge on any atom is -0.459 e. The average Bonchev–Trinajstić information content (AvgIpc) is 2.60. The van der Waals surface area contributed by atoms with Crippen molar-refractivity contribution < 1.29 is 9.21 Å². The number of hydrogen-bond acceptors (Lipinski definition) is 4. The van der Waals surface area contributed by atoms with Crippen LogP contribution in [-0.2, 0) is 6.42 Å². The summed E-state index contributed by atoms with van der Waals surface area (Å²) in [5, 5.41) is 0. The molecular weight excluding hydrogens is 230 g/mol. The lowest BCUT2D eigenvalue weighted by molar-refractivity contribution is 0.0996. The zero-order chi connectivity index (χ0) is 13.3. The molecule has 0 saturated carbocycles. The lowest BCUT2D eigenvalue weighted by Crippen LogP contribution is -2.16. The van der Waals surface area contributed by atoms with Gasteiger partial charge in [0.25, 0.3) is 5.91 Å². The number of furan rings is 1. The van der Waals surface area contributed by atoms with Gasteiger partial charge in [0.15, 0.2) is 5.58 Å². The second kappa shape index (κ2) is 4.78. The Balaban J connectivity index is 2.46. The molecule has 0 radical (unpaired) electrons. The second-order valence-electron chi connectivity index (χ2n) is 4.60. The predicted molar refractivity (Wildman–Crippen MR) is 69.5 cm³/mol. The molecule has 96 valence electrons. The molecule has 5 heteroatoms. The van der Waals surface area contributed by atoms with Crippen molar-refractivity contribution in [2.75, 3.05) is 20.6 Å². The van der Waals surface area contributed by atoms with Crippen LogP contribution >= 0.6 is 0 Å². The second-order valence-corrected chi connectivity index (χ2v) is 4.60. The van der Waals surface area contributed by atoms with Crippen molar-refractivity contribution in [3.8, 4) is 0 Å². The molecular formula is C13H17N3O2. The first-order chi connectivity index (χ1) is 8.49. The van der Waals surface area contributed by atoms with E-state index in [4.69, 9.17) is 10.2 Å². The van der Waals surface area contributed by atoms with E-state index in [0.717, 1.165) is 29.8 Å². The van der Waals surface area contributed by atoms with E-state index in [0.29, 0.717) is 5.58 Å². The lowest BCUT2D eigenvalue weighted by atomic mass is 10.1. The number of amides is 1. The van der Waals surface area contributed by atoms with Crippen LogP contribution in [0, 0.1) is 6.92 Å². The van der Waals surface area contributed by atoms with Crippen molar-refractivity contribution in [1.29, 1.82) is 0 Å². The number of fused-ring (bicyclic) bond motifs is 1. The molecule has 2 aromatic rings. The molecule has 18 heavy (non-hydrogen) atoms. The molecule has 0 aromatic carbocycles. The van der Waals surface area contributed by atoms with Gasteiger partial charge < -0.3 is 15.1 Å². The molecule has 0 aliphatic carbocycles. The minimum atomic E-state index is -0.519. The average molecular weight is 247 g/mol. The summed E-state index contributed by atoms with van der Waals surface area (Å²) in [5.41, 5.74) is 8.00. The number of carbonyl (C=O) groups excluding carboxylic acids is 1. The lowest BCUT2D eigenvalue weighted by Gasteiger charge is -2.08. The van der Waals surface area contributed by atoms with E-state index >= 15 is 0 Å². The van der Waals surface area contributed by atoms with E-state index in [2.05, 4.69) is 9.88 Å². The van der Waals surface area contributed by atoms with E-state index < -0.39 is 5.91 Å². The van der Waals surface area contributed by atoms with Crippen LogP contribution in [0.5, 0.6) is 0 Å².